The fraction of sp³-hybridized carbons (Fsp3) is 0.364. The molecule has 0 heterocycles. The highest BCUT2D eigenvalue weighted by atomic mass is 19.1. The summed E-state index contributed by atoms with van der Waals surface area (Å²) in [6.45, 7) is 0. The molecule has 0 saturated carbocycles. The smallest absolute Gasteiger partial charge is 0.341 e. The largest absolute Gasteiger partial charge is 0.508 e. The number of carbonyl (C=O) groups is 1. The molecule has 2 N–H and O–H groups in total. The molecule has 2 rings (SSSR count). The van der Waals surface area contributed by atoms with Gasteiger partial charge in [0.15, 0.2) is 0 Å². The predicted molar refractivity (Wildman–Crippen MR) is 51.6 cm³/mol. The molecule has 1 atom stereocenters. The van der Waals surface area contributed by atoms with Crippen LogP contribution in [0.15, 0.2) is 18.2 Å². The van der Waals surface area contributed by atoms with Crippen molar-refractivity contribution in [2.45, 2.75) is 24.9 Å². The summed E-state index contributed by atoms with van der Waals surface area (Å²) in [5, 5.41) is 18.0. The number of hydrogen-bond acceptors (Lipinski definition) is 2. The summed E-state index contributed by atoms with van der Waals surface area (Å²) < 4.78 is 13.8. The topological polar surface area (TPSA) is 57.5 Å². The molecule has 4 heteroatoms. The lowest BCUT2D eigenvalue weighted by Gasteiger charge is -2.27. The summed E-state index contributed by atoms with van der Waals surface area (Å²) >= 11 is 0. The van der Waals surface area contributed by atoms with Gasteiger partial charge in [-0.2, -0.15) is 0 Å². The number of carboxylic acids is 1. The van der Waals surface area contributed by atoms with Gasteiger partial charge in [-0.25, -0.2) is 9.18 Å². The van der Waals surface area contributed by atoms with E-state index in [0.717, 1.165) is 5.56 Å². The Morgan fingerprint density at radius 2 is 2.13 bits per heavy atom. The van der Waals surface area contributed by atoms with Crippen molar-refractivity contribution < 1.29 is 19.4 Å². The Hall–Kier alpha value is -1.58. The fourth-order valence-corrected chi connectivity index (χ4v) is 1.93. The maximum atomic E-state index is 13.8. The Kier molecular flexibility index (Phi) is 2.14. The fourth-order valence-electron chi connectivity index (χ4n) is 1.93. The molecule has 15 heavy (non-hydrogen) atoms. The molecule has 0 bridgehead atoms. The Morgan fingerprint density at radius 1 is 1.40 bits per heavy atom. The van der Waals surface area contributed by atoms with E-state index in [1.165, 1.54) is 12.1 Å². The van der Waals surface area contributed by atoms with Crippen LogP contribution in [-0.2, 0) is 17.6 Å². The van der Waals surface area contributed by atoms with E-state index < -0.39 is 11.6 Å². The highest BCUT2D eigenvalue weighted by molar-refractivity contribution is 5.78. The number of phenols is 1. The van der Waals surface area contributed by atoms with Crippen molar-refractivity contribution >= 4 is 5.97 Å². The molecule has 0 spiro atoms. The summed E-state index contributed by atoms with van der Waals surface area (Å²) in [6.07, 6.45) is 0.241. The van der Waals surface area contributed by atoms with Crippen molar-refractivity contribution in [3.63, 3.8) is 0 Å². The highest BCUT2D eigenvalue weighted by Gasteiger charge is 2.41. The Bertz CT molecular complexity index is 416. The third kappa shape index (κ3) is 1.67. The number of phenolic OH excluding ortho intramolecular Hbond substituents is 1. The van der Waals surface area contributed by atoms with Crippen LogP contribution in [0.25, 0.3) is 0 Å². The molecule has 1 aliphatic carbocycles. The Labute approximate surface area is 86.2 Å². The zero-order valence-electron chi connectivity index (χ0n) is 8.03. The van der Waals surface area contributed by atoms with E-state index in [4.69, 9.17) is 5.11 Å². The molecule has 1 aromatic rings. The summed E-state index contributed by atoms with van der Waals surface area (Å²) in [7, 11) is 0. The molecule has 0 aromatic heterocycles. The van der Waals surface area contributed by atoms with Gasteiger partial charge in [-0.1, -0.05) is 6.07 Å². The van der Waals surface area contributed by atoms with Gasteiger partial charge in [-0.15, -0.1) is 0 Å². The second kappa shape index (κ2) is 3.22. The van der Waals surface area contributed by atoms with E-state index in [2.05, 4.69) is 0 Å². The number of alkyl halides is 1. The number of halogens is 1. The summed E-state index contributed by atoms with van der Waals surface area (Å²) in [4.78, 5) is 10.7. The first kappa shape index (κ1) is 9.96. The second-order valence-electron chi connectivity index (χ2n) is 3.90. The van der Waals surface area contributed by atoms with Crippen LogP contribution in [0.5, 0.6) is 5.75 Å². The van der Waals surface area contributed by atoms with Crippen LogP contribution in [0.3, 0.4) is 0 Å². The maximum Gasteiger partial charge on any atom is 0.341 e. The van der Waals surface area contributed by atoms with Crippen LogP contribution in [0.2, 0.25) is 0 Å². The number of aryl methyl sites for hydroxylation is 1. The van der Waals surface area contributed by atoms with Gasteiger partial charge in [0.25, 0.3) is 0 Å². The second-order valence-corrected chi connectivity index (χ2v) is 3.90. The zero-order valence-corrected chi connectivity index (χ0v) is 8.03. The standard InChI is InChI=1S/C11H11FO3/c12-11(10(14)15)4-3-7-1-2-9(13)5-8(7)6-11/h1-2,5,13H,3-4,6H2,(H,14,15). The first-order valence-corrected chi connectivity index (χ1v) is 4.74. The molecule has 80 valence electrons. The number of benzene rings is 1. The van der Waals surface area contributed by atoms with E-state index in [1.54, 1.807) is 6.07 Å². The summed E-state index contributed by atoms with van der Waals surface area (Å²) in [5.41, 5.74) is -0.672. The van der Waals surface area contributed by atoms with Crippen LogP contribution < -0.4 is 0 Å². The zero-order chi connectivity index (χ0) is 11.1. The first-order chi connectivity index (χ1) is 7.01. The van der Waals surface area contributed by atoms with Gasteiger partial charge >= 0.3 is 5.97 Å². The predicted octanol–water partition coefficient (Wildman–Crippen LogP) is 1.67. The monoisotopic (exact) mass is 210 g/mol. The minimum Gasteiger partial charge on any atom is -0.508 e. The van der Waals surface area contributed by atoms with Crippen molar-refractivity contribution in [1.29, 1.82) is 0 Å². The molecule has 0 saturated heterocycles. The van der Waals surface area contributed by atoms with Crippen LogP contribution in [0.4, 0.5) is 4.39 Å². The molecule has 0 amide bonds. The van der Waals surface area contributed by atoms with Gasteiger partial charge < -0.3 is 10.2 Å². The van der Waals surface area contributed by atoms with E-state index in [1.807, 2.05) is 0 Å². The van der Waals surface area contributed by atoms with Crippen LogP contribution in [-0.4, -0.2) is 21.9 Å². The Morgan fingerprint density at radius 3 is 2.80 bits per heavy atom. The maximum absolute atomic E-state index is 13.8. The Balaban J connectivity index is 2.37. The molecule has 0 fully saturated rings. The van der Waals surface area contributed by atoms with Crippen LogP contribution in [0, 0.1) is 0 Å². The van der Waals surface area contributed by atoms with Crippen molar-refractivity contribution in [3.8, 4) is 5.75 Å². The van der Waals surface area contributed by atoms with Gasteiger partial charge in [0, 0.05) is 6.42 Å². The SMILES string of the molecule is O=C(O)C1(F)CCc2ccc(O)cc2C1. The average Bonchev–Trinajstić information content (AvgIpc) is 2.16. The molecule has 1 unspecified atom stereocenters. The number of hydrogen-bond donors (Lipinski definition) is 2. The molecule has 0 aliphatic heterocycles. The van der Waals surface area contributed by atoms with Gasteiger partial charge in [-0.3, -0.25) is 0 Å². The number of carboxylic acid groups (broad SMARTS) is 1. The lowest BCUT2D eigenvalue weighted by molar-refractivity contribution is -0.151. The number of aromatic hydroxyl groups is 1. The summed E-state index contributed by atoms with van der Waals surface area (Å²) in [6, 6.07) is 4.68. The van der Waals surface area contributed by atoms with Crippen LogP contribution in [0.1, 0.15) is 17.5 Å². The lowest BCUT2D eigenvalue weighted by Crippen LogP contribution is -2.39. The summed E-state index contributed by atoms with van der Waals surface area (Å²) in [5.74, 6) is -1.38. The first-order valence-electron chi connectivity index (χ1n) is 4.74. The van der Waals surface area contributed by atoms with E-state index in [0.29, 0.717) is 12.0 Å². The van der Waals surface area contributed by atoms with Gasteiger partial charge in [0.2, 0.25) is 5.67 Å². The molecule has 1 aliphatic rings. The third-order valence-electron chi connectivity index (χ3n) is 2.83. The lowest BCUT2D eigenvalue weighted by atomic mass is 9.81. The third-order valence-corrected chi connectivity index (χ3v) is 2.83. The number of rotatable bonds is 1. The van der Waals surface area contributed by atoms with Crippen molar-refractivity contribution in [2.75, 3.05) is 0 Å². The molecule has 0 radical (unpaired) electrons. The minimum atomic E-state index is -2.18. The molecular formula is C11H11FO3. The van der Waals surface area contributed by atoms with Gasteiger partial charge in [0.1, 0.15) is 5.75 Å². The van der Waals surface area contributed by atoms with Crippen molar-refractivity contribution in [2.24, 2.45) is 0 Å². The van der Waals surface area contributed by atoms with E-state index >= 15 is 0 Å². The van der Waals surface area contributed by atoms with Gasteiger partial charge in [-0.05, 0) is 36.1 Å². The molecule has 3 nitrogen and oxygen atoms in total. The molecule has 1 aromatic carbocycles. The average molecular weight is 210 g/mol. The van der Waals surface area contributed by atoms with Crippen LogP contribution >= 0.6 is 0 Å². The van der Waals surface area contributed by atoms with E-state index in [9.17, 15) is 14.3 Å². The van der Waals surface area contributed by atoms with Crippen molar-refractivity contribution in [1.82, 2.24) is 0 Å². The minimum absolute atomic E-state index is 0.000108. The number of fused-ring (bicyclic) bond motifs is 1. The van der Waals surface area contributed by atoms with Crippen molar-refractivity contribution in [3.05, 3.63) is 29.3 Å². The van der Waals surface area contributed by atoms with Gasteiger partial charge in [0.05, 0.1) is 0 Å². The molecular weight excluding hydrogens is 199 g/mol. The highest BCUT2D eigenvalue weighted by Crippen LogP contribution is 2.33. The quantitative estimate of drug-likeness (QED) is 0.741. The normalized spacial score (nSPS) is 24.6. The number of aliphatic carboxylic acids is 1. The van der Waals surface area contributed by atoms with E-state index in [-0.39, 0.29) is 18.6 Å².